The van der Waals surface area contributed by atoms with Crippen molar-refractivity contribution in [1.82, 2.24) is 15.0 Å². The van der Waals surface area contributed by atoms with E-state index in [9.17, 15) is 0 Å². The lowest BCUT2D eigenvalue weighted by Crippen LogP contribution is -2.00. The largest absolute Gasteiger partial charge is 0.444 e. The second kappa shape index (κ2) is 2.74. The lowest BCUT2D eigenvalue weighted by molar-refractivity contribution is 0.574. The van der Waals surface area contributed by atoms with Crippen molar-refractivity contribution in [3.63, 3.8) is 0 Å². The van der Waals surface area contributed by atoms with E-state index in [4.69, 9.17) is 15.9 Å². The Kier molecular flexibility index (Phi) is 1.59. The molecule has 0 aliphatic rings. The number of anilines is 2. The Bertz CT molecular complexity index is 411. The second-order valence-corrected chi connectivity index (χ2v) is 2.36. The minimum absolute atomic E-state index is 0.132. The lowest BCUT2D eigenvalue weighted by atomic mass is 10.3. The first-order valence-electron chi connectivity index (χ1n) is 3.55. The summed E-state index contributed by atoms with van der Waals surface area (Å²) < 4.78 is 5.03. The van der Waals surface area contributed by atoms with Gasteiger partial charge >= 0.3 is 0 Å². The molecule has 0 bridgehead atoms. The SMILES string of the molecule is Nc1ncc(-c2ncco2)c(N)n1. The standard InChI is InChI=1S/C7H7N5O/c8-5-4(3-11-7(9)12-5)6-10-1-2-13-6/h1-3H,(H4,8,9,11,12). The van der Waals surface area contributed by atoms with Crippen LogP contribution in [0.4, 0.5) is 11.8 Å². The van der Waals surface area contributed by atoms with E-state index in [-0.39, 0.29) is 11.8 Å². The zero-order chi connectivity index (χ0) is 9.26. The molecule has 66 valence electrons. The van der Waals surface area contributed by atoms with E-state index in [0.29, 0.717) is 11.5 Å². The van der Waals surface area contributed by atoms with Crippen molar-refractivity contribution in [3.8, 4) is 11.5 Å². The van der Waals surface area contributed by atoms with Gasteiger partial charge in [-0.25, -0.2) is 9.97 Å². The number of oxazole rings is 1. The van der Waals surface area contributed by atoms with Crippen LogP contribution in [-0.4, -0.2) is 15.0 Å². The molecule has 0 spiro atoms. The number of hydrogen-bond acceptors (Lipinski definition) is 6. The van der Waals surface area contributed by atoms with Crippen LogP contribution in [0.5, 0.6) is 0 Å². The summed E-state index contributed by atoms with van der Waals surface area (Å²) in [7, 11) is 0. The third-order valence-corrected chi connectivity index (χ3v) is 1.50. The summed E-state index contributed by atoms with van der Waals surface area (Å²) in [6.45, 7) is 0. The van der Waals surface area contributed by atoms with Gasteiger partial charge in [0.2, 0.25) is 11.8 Å². The Morgan fingerprint density at radius 1 is 1.23 bits per heavy atom. The maximum Gasteiger partial charge on any atom is 0.231 e. The molecule has 0 aromatic carbocycles. The molecule has 0 saturated heterocycles. The lowest BCUT2D eigenvalue weighted by Gasteiger charge is -1.99. The van der Waals surface area contributed by atoms with Gasteiger partial charge in [-0.2, -0.15) is 4.98 Å². The summed E-state index contributed by atoms with van der Waals surface area (Å²) in [6.07, 6.45) is 4.44. The number of nitrogens with two attached hydrogens (primary N) is 2. The first-order chi connectivity index (χ1) is 6.27. The van der Waals surface area contributed by atoms with Crippen molar-refractivity contribution in [2.24, 2.45) is 0 Å². The summed E-state index contributed by atoms with van der Waals surface area (Å²) >= 11 is 0. The predicted molar refractivity (Wildman–Crippen MR) is 46.4 cm³/mol. The van der Waals surface area contributed by atoms with E-state index in [1.807, 2.05) is 0 Å². The van der Waals surface area contributed by atoms with Gasteiger partial charge in [0.1, 0.15) is 12.1 Å². The summed E-state index contributed by atoms with van der Waals surface area (Å²) in [5, 5.41) is 0. The van der Waals surface area contributed by atoms with Crippen molar-refractivity contribution < 1.29 is 4.42 Å². The van der Waals surface area contributed by atoms with Crippen LogP contribution in [0.3, 0.4) is 0 Å². The molecule has 6 heteroatoms. The highest BCUT2D eigenvalue weighted by atomic mass is 16.3. The van der Waals surface area contributed by atoms with Gasteiger partial charge in [-0.05, 0) is 0 Å². The van der Waals surface area contributed by atoms with E-state index in [2.05, 4.69) is 15.0 Å². The summed E-state index contributed by atoms with van der Waals surface area (Å²) in [5.41, 5.74) is 11.5. The molecule has 2 aromatic rings. The third-order valence-electron chi connectivity index (χ3n) is 1.50. The van der Waals surface area contributed by atoms with Crippen LogP contribution in [0.15, 0.2) is 23.1 Å². The van der Waals surface area contributed by atoms with E-state index < -0.39 is 0 Å². The average molecular weight is 177 g/mol. The molecule has 0 unspecified atom stereocenters. The van der Waals surface area contributed by atoms with Crippen LogP contribution in [0.2, 0.25) is 0 Å². The molecular formula is C7H7N5O. The molecule has 0 radical (unpaired) electrons. The number of nitrogens with zero attached hydrogens (tertiary/aromatic N) is 3. The second-order valence-electron chi connectivity index (χ2n) is 2.36. The van der Waals surface area contributed by atoms with Crippen molar-refractivity contribution in [2.45, 2.75) is 0 Å². The highest BCUT2D eigenvalue weighted by Gasteiger charge is 2.08. The topological polar surface area (TPSA) is 104 Å². The van der Waals surface area contributed by atoms with E-state index in [1.165, 1.54) is 18.7 Å². The molecule has 13 heavy (non-hydrogen) atoms. The normalized spacial score (nSPS) is 10.2. The number of rotatable bonds is 1. The quantitative estimate of drug-likeness (QED) is 0.649. The van der Waals surface area contributed by atoms with Gasteiger partial charge in [0.05, 0.1) is 11.8 Å². The molecule has 0 saturated carbocycles. The molecule has 2 aromatic heterocycles. The van der Waals surface area contributed by atoms with Gasteiger partial charge in [0, 0.05) is 6.20 Å². The molecular weight excluding hydrogens is 170 g/mol. The Balaban J connectivity index is 2.53. The van der Waals surface area contributed by atoms with Crippen LogP contribution in [0.1, 0.15) is 0 Å². The summed E-state index contributed by atoms with van der Waals surface area (Å²) in [4.78, 5) is 11.5. The molecule has 0 atom stereocenters. The van der Waals surface area contributed by atoms with Crippen molar-refractivity contribution in [2.75, 3.05) is 11.5 Å². The fourth-order valence-electron chi connectivity index (χ4n) is 0.931. The van der Waals surface area contributed by atoms with Crippen LogP contribution in [-0.2, 0) is 0 Å². The Morgan fingerprint density at radius 3 is 2.69 bits per heavy atom. The first kappa shape index (κ1) is 7.53. The molecule has 0 amide bonds. The van der Waals surface area contributed by atoms with Crippen LogP contribution >= 0.6 is 0 Å². The Morgan fingerprint density at radius 2 is 2.08 bits per heavy atom. The van der Waals surface area contributed by atoms with E-state index in [1.54, 1.807) is 0 Å². The van der Waals surface area contributed by atoms with Crippen LogP contribution in [0, 0.1) is 0 Å². The molecule has 0 fully saturated rings. The zero-order valence-electron chi connectivity index (χ0n) is 6.64. The van der Waals surface area contributed by atoms with Gasteiger partial charge < -0.3 is 15.9 Å². The van der Waals surface area contributed by atoms with Gasteiger partial charge in [0.15, 0.2) is 0 Å². The van der Waals surface area contributed by atoms with Gasteiger partial charge in [-0.3, -0.25) is 0 Å². The van der Waals surface area contributed by atoms with Crippen molar-refractivity contribution in [1.29, 1.82) is 0 Å². The smallest absolute Gasteiger partial charge is 0.231 e. The summed E-state index contributed by atoms with van der Waals surface area (Å²) in [6, 6.07) is 0. The van der Waals surface area contributed by atoms with Gasteiger partial charge in [-0.15, -0.1) is 0 Å². The Hall–Kier alpha value is -2.11. The maximum absolute atomic E-state index is 5.58. The molecule has 2 heterocycles. The van der Waals surface area contributed by atoms with Crippen LogP contribution in [0.25, 0.3) is 11.5 Å². The highest BCUT2D eigenvalue weighted by Crippen LogP contribution is 2.21. The first-order valence-corrected chi connectivity index (χ1v) is 3.55. The number of hydrogen-bond donors (Lipinski definition) is 2. The molecule has 0 aliphatic carbocycles. The molecule has 4 N–H and O–H groups in total. The number of aromatic nitrogens is 3. The van der Waals surface area contributed by atoms with Gasteiger partial charge in [-0.1, -0.05) is 0 Å². The van der Waals surface area contributed by atoms with Crippen molar-refractivity contribution in [3.05, 3.63) is 18.7 Å². The average Bonchev–Trinajstić information content (AvgIpc) is 2.56. The highest BCUT2D eigenvalue weighted by molar-refractivity contribution is 5.66. The molecule has 6 nitrogen and oxygen atoms in total. The molecule has 2 rings (SSSR count). The summed E-state index contributed by atoms with van der Waals surface area (Å²) in [5.74, 6) is 0.778. The van der Waals surface area contributed by atoms with Gasteiger partial charge in [0.25, 0.3) is 0 Å². The number of nitrogen functional groups attached to an aromatic ring is 2. The Labute approximate surface area is 73.6 Å². The fraction of sp³-hybridized carbons (Fsp3) is 0. The third kappa shape index (κ3) is 1.28. The van der Waals surface area contributed by atoms with E-state index in [0.717, 1.165) is 0 Å². The zero-order valence-corrected chi connectivity index (χ0v) is 6.64. The maximum atomic E-state index is 5.58. The predicted octanol–water partition coefficient (Wildman–Crippen LogP) is 0.296. The molecule has 0 aliphatic heterocycles. The minimum atomic E-state index is 0.132. The minimum Gasteiger partial charge on any atom is -0.444 e. The van der Waals surface area contributed by atoms with Crippen molar-refractivity contribution >= 4 is 11.8 Å². The fourth-order valence-corrected chi connectivity index (χ4v) is 0.931. The van der Waals surface area contributed by atoms with Crippen LogP contribution < -0.4 is 11.5 Å². The van der Waals surface area contributed by atoms with E-state index >= 15 is 0 Å². The monoisotopic (exact) mass is 177 g/mol.